The Bertz CT molecular complexity index is 278. The van der Waals surface area contributed by atoms with Crippen molar-refractivity contribution in [2.75, 3.05) is 27.7 Å². The molecule has 0 amide bonds. The van der Waals surface area contributed by atoms with Crippen molar-refractivity contribution in [3.63, 3.8) is 0 Å². The molecule has 0 rings (SSSR count). The highest BCUT2D eigenvalue weighted by molar-refractivity contribution is 5.82. The number of aliphatic carboxylic acids is 1. The predicted octanol–water partition coefficient (Wildman–Crippen LogP) is -0.679. The highest BCUT2D eigenvalue weighted by Gasteiger charge is 2.21. The number of carboxylic acid groups (broad SMARTS) is 1. The second kappa shape index (κ2) is 6.27. The first-order valence-corrected chi connectivity index (χ1v) is 5.08. The van der Waals surface area contributed by atoms with Crippen molar-refractivity contribution in [1.29, 1.82) is 0 Å². The molecule has 0 saturated carbocycles. The highest BCUT2D eigenvalue weighted by Crippen LogP contribution is 2.05. The van der Waals surface area contributed by atoms with Crippen molar-refractivity contribution in [1.82, 2.24) is 0 Å². The van der Waals surface area contributed by atoms with Crippen molar-refractivity contribution in [2.24, 2.45) is 0 Å². The van der Waals surface area contributed by atoms with Crippen molar-refractivity contribution >= 4 is 11.9 Å². The number of carbonyl (C=O) groups is 2. The first-order chi connectivity index (χ1) is 7.24. The van der Waals surface area contributed by atoms with E-state index in [9.17, 15) is 14.7 Å². The Kier molecular flexibility index (Phi) is 5.74. The van der Waals surface area contributed by atoms with E-state index in [-0.39, 0.29) is 6.42 Å². The van der Waals surface area contributed by atoms with Gasteiger partial charge in [-0.1, -0.05) is 6.08 Å². The Morgan fingerprint density at radius 1 is 1.38 bits per heavy atom. The molecule has 16 heavy (non-hydrogen) atoms. The average molecular weight is 229 g/mol. The number of ether oxygens (including phenoxy) is 1. The van der Waals surface area contributed by atoms with Crippen LogP contribution in [0.1, 0.15) is 13.3 Å². The molecule has 0 fully saturated rings. The molecule has 1 atom stereocenters. The van der Waals surface area contributed by atoms with Gasteiger partial charge < -0.3 is 19.1 Å². The Morgan fingerprint density at radius 3 is 2.31 bits per heavy atom. The van der Waals surface area contributed by atoms with Crippen LogP contribution < -0.4 is 5.11 Å². The second-order valence-corrected chi connectivity index (χ2v) is 4.61. The van der Waals surface area contributed by atoms with Gasteiger partial charge in [0.2, 0.25) is 0 Å². The zero-order chi connectivity index (χ0) is 12.8. The summed E-state index contributed by atoms with van der Waals surface area (Å²) in [4.78, 5) is 21.7. The molecular weight excluding hydrogens is 210 g/mol. The maximum absolute atomic E-state index is 11.2. The Hall–Kier alpha value is -1.36. The molecule has 0 aliphatic rings. The van der Waals surface area contributed by atoms with Crippen LogP contribution in [0.2, 0.25) is 0 Å². The Morgan fingerprint density at radius 2 is 1.94 bits per heavy atom. The van der Waals surface area contributed by atoms with E-state index in [4.69, 9.17) is 4.74 Å². The number of quaternary nitrogens is 1. The van der Waals surface area contributed by atoms with Crippen LogP contribution in [0.4, 0.5) is 0 Å². The highest BCUT2D eigenvalue weighted by atomic mass is 16.5. The molecular formula is C11H19NO4. The van der Waals surface area contributed by atoms with Crippen molar-refractivity contribution in [3.05, 3.63) is 12.2 Å². The van der Waals surface area contributed by atoms with E-state index >= 15 is 0 Å². The average Bonchev–Trinajstić information content (AvgIpc) is 1.98. The lowest BCUT2D eigenvalue weighted by Crippen LogP contribution is -2.45. The minimum atomic E-state index is -1.22. The van der Waals surface area contributed by atoms with E-state index in [1.165, 1.54) is 6.08 Å². The zero-order valence-corrected chi connectivity index (χ0v) is 10.2. The standard InChI is InChI=1S/C11H19NO4/c1-5-6-11(15)16-9(7-10(13)14)8-12(2,3)4/h5-6,9H,7-8H2,1-4H3/b6-5+. The van der Waals surface area contributed by atoms with E-state index < -0.39 is 18.0 Å². The minimum Gasteiger partial charge on any atom is -0.550 e. The third-order valence-corrected chi connectivity index (χ3v) is 1.73. The smallest absolute Gasteiger partial charge is 0.330 e. The van der Waals surface area contributed by atoms with Gasteiger partial charge in [-0.3, -0.25) is 0 Å². The van der Waals surface area contributed by atoms with Crippen LogP contribution in [0.15, 0.2) is 12.2 Å². The molecule has 1 unspecified atom stereocenters. The summed E-state index contributed by atoms with van der Waals surface area (Å²) in [5.74, 6) is -1.74. The quantitative estimate of drug-likeness (QED) is 0.344. The van der Waals surface area contributed by atoms with Crippen LogP contribution in [-0.4, -0.2) is 50.2 Å². The summed E-state index contributed by atoms with van der Waals surface area (Å²) in [5.41, 5.74) is 0. The third kappa shape index (κ3) is 7.99. The van der Waals surface area contributed by atoms with Crippen molar-refractivity contribution in [2.45, 2.75) is 19.4 Å². The van der Waals surface area contributed by atoms with Gasteiger partial charge in [-0.15, -0.1) is 0 Å². The molecule has 0 heterocycles. The number of carboxylic acids is 1. The van der Waals surface area contributed by atoms with Crippen LogP contribution in [0.5, 0.6) is 0 Å². The Balaban J connectivity index is 4.43. The van der Waals surface area contributed by atoms with Gasteiger partial charge in [0.05, 0.1) is 21.1 Å². The maximum atomic E-state index is 11.2. The molecule has 0 aliphatic carbocycles. The topological polar surface area (TPSA) is 66.4 Å². The number of hydrogen-bond acceptors (Lipinski definition) is 4. The molecule has 0 saturated heterocycles. The van der Waals surface area contributed by atoms with Gasteiger partial charge in [-0.2, -0.15) is 0 Å². The molecule has 0 aromatic rings. The van der Waals surface area contributed by atoms with E-state index in [2.05, 4.69) is 0 Å². The van der Waals surface area contributed by atoms with Crippen molar-refractivity contribution < 1.29 is 23.9 Å². The fourth-order valence-corrected chi connectivity index (χ4v) is 1.28. The van der Waals surface area contributed by atoms with Gasteiger partial charge in [-0.05, 0) is 6.92 Å². The van der Waals surface area contributed by atoms with E-state index in [0.29, 0.717) is 11.0 Å². The zero-order valence-electron chi connectivity index (χ0n) is 10.2. The lowest BCUT2D eigenvalue weighted by Gasteiger charge is -2.28. The lowest BCUT2D eigenvalue weighted by molar-refractivity contribution is -0.873. The van der Waals surface area contributed by atoms with E-state index in [1.807, 2.05) is 21.1 Å². The fraction of sp³-hybridized carbons (Fsp3) is 0.636. The number of nitrogens with zero attached hydrogens (tertiary/aromatic N) is 1. The first kappa shape index (κ1) is 14.6. The SMILES string of the molecule is C/C=C/C(=O)OC(CC(=O)[O-])C[N+](C)(C)C. The van der Waals surface area contributed by atoms with Crippen LogP contribution >= 0.6 is 0 Å². The van der Waals surface area contributed by atoms with Gasteiger partial charge in [0.1, 0.15) is 6.54 Å². The first-order valence-electron chi connectivity index (χ1n) is 5.08. The van der Waals surface area contributed by atoms with Gasteiger partial charge in [-0.25, -0.2) is 4.79 Å². The number of hydrogen-bond donors (Lipinski definition) is 0. The maximum Gasteiger partial charge on any atom is 0.330 e. The lowest BCUT2D eigenvalue weighted by atomic mass is 10.2. The molecule has 0 aromatic heterocycles. The summed E-state index contributed by atoms with van der Waals surface area (Å²) in [6.45, 7) is 2.12. The molecule has 0 bridgehead atoms. The van der Waals surface area contributed by atoms with Gasteiger partial charge >= 0.3 is 5.97 Å². The number of esters is 1. The molecule has 5 nitrogen and oxygen atoms in total. The van der Waals surface area contributed by atoms with Crippen molar-refractivity contribution in [3.8, 4) is 0 Å². The van der Waals surface area contributed by atoms with Gasteiger partial charge in [0.25, 0.3) is 0 Å². The van der Waals surface area contributed by atoms with Crippen LogP contribution in [0.25, 0.3) is 0 Å². The van der Waals surface area contributed by atoms with Crippen LogP contribution in [0, 0.1) is 0 Å². The summed E-state index contributed by atoms with van der Waals surface area (Å²) in [5, 5.41) is 10.5. The minimum absolute atomic E-state index is 0.279. The molecule has 0 aliphatic heterocycles. The summed E-state index contributed by atoms with van der Waals surface area (Å²) in [6.07, 6.45) is 1.87. The Labute approximate surface area is 95.9 Å². The third-order valence-electron chi connectivity index (χ3n) is 1.73. The monoisotopic (exact) mass is 229 g/mol. The summed E-state index contributed by atoms with van der Waals surface area (Å²) in [6, 6.07) is 0. The summed E-state index contributed by atoms with van der Waals surface area (Å²) >= 11 is 0. The molecule has 92 valence electrons. The largest absolute Gasteiger partial charge is 0.550 e. The van der Waals surface area contributed by atoms with Crippen LogP contribution in [0.3, 0.4) is 0 Å². The number of allylic oxidation sites excluding steroid dienone is 1. The molecule has 0 N–H and O–H groups in total. The molecule has 0 aromatic carbocycles. The molecule has 5 heteroatoms. The molecule has 0 spiro atoms. The van der Waals surface area contributed by atoms with E-state index in [1.54, 1.807) is 13.0 Å². The summed E-state index contributed by atoms with van der Waals surface area (Å²) in [7, 11) is 5.68. The number of rotatable bonds is 6. The van der Waals surface area contributed by atoms with Gasteiger partial charge in [0, 0.05) is 18.5 Å². The number of likely N-dealkylation sites (N-methyl/N-ethyl adjacent to an activating group) is 1. The normalized spacial score (nSPS) is 13.8. The summed E-state index contributed by atoms with van der Waals surface area (Å²) < 4.78 is 5.53. The fourth-order valence-electron chi connectivity index (χ4n) is 1.28. The predicted molar refractivity (Wildman–Crippen MR) is 57.2 cm³/mol. The van der Waals surface area contributed by atoms with E-state index in [0.717, 1.165) is 0 Å². The second-order valence-electron chi connectivity index (χ2n) is 4.61. The molecule has 0 radical (unpaired) electrons. The number of carbonyl (C=O) groups excluding carboxylic acids is 2. The van der Waals surface area contributed by atoms with Crippen LogP contribution in [-0.2, 0) is 14.3 Å². The van der Waals surface area contributed by atoms with Gasteiger partial charge in [0.15, 0.2) is 6.10 Å².